The molecule has 82 valence electrons. The van der Waals surface area contributed by atoms with Crippen molar-refractivity contribution in [2.45, 2.75) is 18.6 Å². The van der Waals surface area contributed by atoms with Gasteiger partial charge in [-0.25, -0.2) is 4.98 Å². The predicted molar refractivity (Wildman–Crippen MR) is 51.9 cm³/mol. The van der Waals surface area contributed by atoms with E-state index >= 15 is 0 Å². The van der Waals surface area contributed by atoms with E-state index < -0.39 is 24.6 Å². The van der Waals surface area contributed by atoms with E-state index in [1.54, 1.807) is 6.07 Å². The number of nitrogens with zero attached hydrogens (tertiary/aromatic N) is 1. The highest BCUT2D eigenvalue weighted by Crippen LogP contribution is 2.17. The quantitative estimate of drug-likeness (QED) is 0.536. The van der Waals surface area contributed by atoms with Crippen molar-refractivity contribution in [1.29, 1.82) is 0 Å². The topological polar surface area (TPSA) is 117 Å². The molecular formula is C9H12N2O4. The Kier molecular flexibility index (Phi) is 3.59. The van der Waals surface area contributed by atoms with Gasteiger partial charge in [-0.1, -0.05) is 6.07 Å². The summed E-state index contributed by atoms with van der Waals surface area (Å²) in [6.45, 7) is 0. The van der Waals surface area contributed by atoms with Crippen LogP contribution >= 0.6 is 0 Å². The summed E-state index contributed by atoms with van der Waals surface area (Å²) in [5.74, 6) is -0.987. The van der Waals surface area contributed by atoms with E-state index in [1.807, 2.05) is 0 Å². The van der Waals surface area contributed by atoms with Gasteiger partial charge in [0.1, 0.15) is 11.9 Å². The van der Waals surface area contributed by atoms with E-state index in [1.165, 1.54) is 12.1 Å². The molecule has 2 atom stereocenters. The SMILES string of the molecule is Nc1cccc(C(O)C(O)CC(=O)O)n1. The maximum absolute atomic E-state index is 10.3. The van der Waals surface area contributed by atoms with Gasteiger partial charge in [0.05, 0.1) is 18.2 Å². The predicted octanol–water partition coefficient (Wildman–Crippen LogP) is -0.467. The number of nitrogens with two attached hydrogens (primary N) is 1. The lowest BCUT2D eigenvalue weighted by molar-refractivity contribution is -0.141. The Morgan fingerprint density at radius 3 is 2.67 bits per heavy atom. The molecule has 0 aliphatic carbocycles. The molecule has 0 bridgehead atoms. The van der Waals surface area contributed by atoms with Gasteiger partial charge in [-0.05, 0) is 12.1 Å². The van der Waals surface area contributed by atoms with Crippen LogP contribution in [0.3, 0.4) is 0 Å². The van der Waals surface area contributed by atoms with Crippen LogP contribution in [0.15, 0.2) is 18.2 Å². The maximum Gasteiger partial charge on any atom is 0.306 e. The summed E-state index contributed by atoms with van der Waals surface area (Å²) < 4.78 is 0. The molecule has 0 amide bonds. The zero-order valence-electron chi connectivity index (χ0n) is 7.87. The van der Waals surface area contributed by atoms with Crippen molar-refractivity contribution in [3.63, 3.8) is 0 Å². The van der Waals surface area contributed by atoms with Crippen molar-refractivity contribution in [2.24, 2.45) is 0 Å². The lowest BCUT2D eigenvalue weighted by Gasteiger charge is -2.15. The number of rotatable bonds is 4. The standard InChI is InChI=1S/C9H12N2O4/c10-7-3-1-2-5(11-7)9(15)6(12)4-8(13)14/h1-3,6,9,12,15H,4H2,(H2,10,11)(H,13,14). The van der Waals surface area contributed by atoms with Crippen LogP contribution in [0, 0.1) is 0 Å². The van der Waals surface area contributed by atoms with Gasteiger partial charge in [-0.15, -0.1) is 0 Å². The number of hydrogen-bond donors (Lipinski definition) is 4. The number of aliphatic carboxylic acids is 1. The summed E-state index contributed by atoms with van der Waals surface area (Å²) in [7, 11) is 0. The molecule has 0 radical (unpaired) electrons. The highest BCUT2D eigenvalue weighted by atomic mass is 16.4. The third kappa shape index (κ3) is 3.19. The summed E-state index contributed by atoms with van der Waals surface area (Å²) in [6, 6.07) is 4.56. The largest absolute Gasteiger partial charge is 0.481 e. The molecule has 6 nitrogen and oxygen atoms in total. The molecular weight excluding hydrogens is 200 g/mol. The Morgan fingerprint density at radius 1 is 1.47 bits per heavy atom. The molecule has 1 heterocycles. The highest BCUT2D eigenvalue weighted by Gasteiger charge is 2.22. The molecule has 0 spiro atoms. The van der Waals surface area contributed by atoms with Gasteiger partial charge in [0.25, 0.3) is 0 Å². The molecule has 0 saturated carbocycles. The van der Waals surface area contributed by atoms with Gasteiger partial charge >= 0.3 is 5.97 Å². The summed E-state index contributed by atoms with van der Waals surface area (Å²) in [4.78, 5) is 14.1. The number of aliphatic hydroxyl groups excluding tert-OH is 2. The number of hydrogen-bond acceptors (Lipinski definition) is 5. The monoisotopic (exact) mass is 212 g/mol. The van der Waals surface area contributed by atoms with Crippen molar-refractivity contribution in [3.05, 3.63) is 23.9 Å². The number of aromatic nitrogens is 1. The zero-order chi connectivity index (χ0) is 11.4. The van der Waals surface area contributed by atoms with E-state index in [9.17, 15) is 15.0 Å². The summed E-state index contributed by atoms with van der Waals surface area (Å²) in [6.07, 6.45) is -3.28. The van der Waals surface area contributed by atoms with E-state index in [4.69, 9.17) is 10.8 Å². The van der Waals surface area contributed by atoms with Crippen molar-refractivity contribution in [1.82, 2.24) is 4.98 Å². The smallest absolute Gasteiger partial charge is 0.306 e. The van der Waals surface area contributed by atoms with Crippen molar-refractivity contribution in [3.8, 4) is 0 Å². The summed E-state index contributed by atoms with van der Waals surface area (Å²) in [5, 5.41) is 27.3. The Morgan fingerprint density at radius 2 is 2.13 bits per heavy atom. The van der Waals surface area contributed by atoms with Crippen LogP contribution in [-0.4, -0.2) is 32.4 Å². The first-order valence-electron chi connectivity index (χ1n) is 4.31. The third-order valence-corrected chi connectivity index (χ3v) is 1.84. The molecule has 0 aliphatic rings. The second-order valence-electron chi connectivity index (χ2n) is 3.10. The van der Waals surface area contributed by atoms with Gasteiger partial charge in [-0.2, -0.15) is 0 Å². The average Bonchev–Trinajstić information content (AvgIpc) is 2.15. The molecule has 0 aliphatic heterocycles. The van der Waals surface area contributed by atoms with Gasteiger partial charge in [0.15, 0.2) is 0 Å². The molecule has 15 heavy (non-hydrogen) atoms. The van der Waals surface area contributed by atoms with Crippen LogP contribution in [0.5, 0.6) is 0 Å². The number of carboxylic acids is 1. The number of anilines is 1. The second-order valence-corrected chi connectivity index (χ2v) is 3.10. The molecule has 1 aromatic heterocycles. The fourth-order valence-corrected chi connectivity index (χ4v) is 1.12. The van der Waals surface area contributed by atoms with Crippen LogP contribution in [0.25, 0.3) is 0 Å². The molecule has 1 aromatic rings. The van der Waals surface area contributed by atoms with Crippen LogP contribution in [-0.2, 0) is 4.79 Å². The Balaban J connectivity index is 2.75. The molecule has 5 N–H and O–H groups in total. The van der Waals surface area contributed by atoms with Gasteiger partial charge in [-0.3, -0.25) is 4.79 Å². The number of nitrogen functional groups attached to an aromatic ring is 1. The van der Waals surface area contributed by atoms with Gasteiger partial charge in [0.2, 0.25) is 0 Å². The van der Waals surface area contributed by atoms with Gasteiger partial charge < -0.3 is 21.1 Å². The normalized spacial score (nSPS) is 14.5. The number of aliphatic hydroxyl groups is 2. The Labute approximate surface area is 86.0 Å². The third-order valence-electron chi connectivity index (χ3n) is 1.84. The van der Waals surface area contributed by atoms with Crippen LogP contribution < -0.4 is 5.73 Å². The number of pyridine rings is 1. The lowest BCUT2D eigenvalue weighted by atomic mass is 10.1. The van der Waals surface area contributed by atoms with Crippen molar-refractivity contribution in [2.75, 3.05) is 5.73 Å². The first-order valence-corrected chi connectivity index (χ1v) is 4.31. The minimum Gasteiger partial charge on any atom is -0.481 e. The molecule has 0 fully saturated rings. The Bertz CT molecular complexity index is 356. The molecule has 0 aromatic carbocycles. The molecule has 6 heteroatoms. The maximum atomic E-state index is 10.3. The second kappa shape index (κ2) is 4.72. The first kappa shape index (κ1) is 11.4. The molecule has 2 unspecified atom stereocenters. The summed E-state index contributed by atoms with van der Waals surface area (Å²) >= 11 is 0. The minimum atomic E-state index is -1.39. The lowest BCUT2D eigenvalue weighted by Crippen LogP contribution is -2.22. The fourth-order valence-electron chi connectivity index (χ4n) is 1.12. The van der Waals surface area contributed by atoms with E-state index in [0.717, 1.165) is 0 Å². The average molecular weight is 212 g/mol. The van der Waals surface area contributed by atoms with Crippen molar-refractivity contribution >= 4 is 11.8 Å². The highest BCUT2D eigenvalue weighted by molar-refractivity contribution is 5.67. The number of carbonyl (C=O) groups is 1. The van der Waals surface area contributed by atoms with Crippen LogP contribution in [0.4, 0.5) is 5.82 Å². The zero-order valence-corrected chi connectivity index (χ0v) is 7.87. The van der Waals surface area contributed by atoms with E-state index in [0.29, 0.717) is 0 Å². The van der Waals surface area contributed by atoms with Crippen LogP contribution in [0.2, 0.25) is 0 Å². The van der Waals surface area contributed by atoms with Gasteiger partial charge in [0, 0.05) is 0 Å². The van der Waals surface area contributed by atoms with E-state index in [-0.39, 0.29) is 11.5 Å². The fraction of sp³-hybridized carbons (Fsp3) is 0.333. The number of carboxylic acid groups (broad SMARTS) is 1. The first-order chi connectivity index (χ1) is 7.00. The van der Waals surface area contributed by atoms with Crippen LogP contribution in [0.1, 0.15) is 18.2 Å². The van der Waals surface area contributed by atoms with Crippen molar-refractivity contribution < 1.29 is 20.1 Å². The van der Waals surface area contributed by atoms with E-state index in [2.05, 4.69) is 4.98 Å². The summed E-state index contributed by atoms with van der Waals surface area (Å²) in [5.41, 5.74) is 5.53. The minimum absolute atomic E-state index is 0.156. The Hall–Kier alpha value is -1.66. The molecule has 1 rings (SSSR count). The molecule has 0 saturated heterocycles.